The van der Waals surface area contributed by atoms with Crippen LogP contribution in [0.1, 0.15) is 219 Å². The fourth-order valence-electron chi connectivity index (χ4n) is 7.27. The molecule has 0 aliphatic carbocycles. The van der Waals surface area contributed by atoms with Crippen LogP contribution in [0.15, 0.2) is 72.9 Å². The molecule has 0 radical (unpaired) electrons. The molecule has 0 fully saturated rings. The van der Waals surface area contributed by atoms with Crippen LogP contribution >= 0.6 is 0 Å². The number of quaternary nitrogens is 1. The van der Waals surface area contributed by atoms with Crippen LogP contribution in [0.2, 0.25) is 0 Å². The zero-order valence-corrected chi connectivity index (χ0v) is 43.8. The minimum absolute atomic E-state index is 0.182. The van der Waals surface area contributed by atoms with Crippen LogP contribution in [0.3, 0.4) is 0 Å². The number of rotatable bonds is 49. The number of allylic oxidation sites excluding steroid dienone is 12. The van der Waals surface area contributed by atoms with Gasteiger partial charge in [-0.2, -0.15) is 0 Å². The Morgan fingerprint density at radius 1 is 0.463 bits per heavy atom. The molecule has 0 saturated heterocycles. The van der Waals surface area contributed by atoms with E-state index in [2.05, 4.69) is 86.8 Å². The number of hydrogen-bond acceptors (Lipinski definition) is 7. The molecule has 2 atom stereocenters. The van der Waals surface area contributed by atoms with E-state index in [-0.39, 0.29) is 32.2 Å². The third-order valence-electron chi connectivity index (χ3n) is 11.4. The molecule has 0 bridgehead atoms. The number of carbonyl (C=O) groups excluding carboxylic acids is 2. The number of carbonyl (C=O) groups is 3. The third kappa shape index (κ3) is 50.4. The molecular weight excluding hydrogens is 839 g/mol. The van der Waals surface area contributed by atoms with Gasteiger partial charge in [0.1, 0.15) is 13.2 Å². The molecular formula is C58H102NO8+. The highest BCUT2D eigenvalue weighted by molar-refractivity contribution is 5.71. The Morgan fingerprint density at radius 2 is 0.851 bits per heavy atom. The second-order valence-corrected chi connectivity index (χ2v) is 19.2. The number of esters is 2. The number of carboxylic acid groups (broad SMARTS) is 1. The lowest BCUT2D eigenvalue weighted by atomic mass is 10.1. The van der Waals surface area contributed by atoms with Crippen molar-refractivity contribution in [2.24, 2.45) is 0 Å². The summed E-state index contributed by atoms with van der Waals surface area (Å²) in [6.45, 7) is 4.74. The van der Waals surface area contributed by atoms with Gasteiger partial charge in [-0.05, 0) is 83.5 Å². The lowest BCUT2D eigenvalue weighted by Gasteiger charge is -2.25. The zero-order chi connectivity index (χ0) is 49.2. The number of aliphatic carboxylic acids is 1. The van der Waals surface area contributed by atoms with E-state index >= 15 is 0 Å². The fraction of sp³-hybridized carbons (Fsp3) is 0.741. The van der Waals surface area contributed by atoms with Crippen molar-refractivity contribution in [1.29, 1.82) is 0 Å². The van der Waals surface area contributed by atoms with Crippen molar-refractivity contribution < 1.29 is 42.9 Å². The molecule has 0 aliphatic heterocycles. The highest BCUT2D eigenvalue weighted by Gasteiger charge is 2.25. The van der Waals surface area contributed by atoms with Crippen molar-refractivity contribution in [1.82, 2.24) is 0 Å². The molecule has 2 unspecified atom stereocenters. The van der Waals surface area contributed by atoms with E-state index in [4.69, 9.17) is 18.9 Å². The van der Waals surface area contributed by atoms with E-state index in [0.29, 0.717) is 23.9 Å². The molecule has 0 rings (SSSR count). The molecule has 0 aromatic heterocycles. The van der Waals surface area contributed by atoms with Crippen LogP contribution in [-0.4, -0.2) is 87.4 Å². The summed E-state index contributed by atoms with van der Waals surface area (Å²) in [7, 11) is 5.96. The van der Waals surface area contributed by atoms with Gasteiger partial charge in [0.25, 0.3) is 6.29 Å². The first-order valence-electron chi connectivity index (χ1n) is 27.1. The molecule has 0 saturated carbocycles. The quantitative estimate of drug-likeness (QED) is 0.0211. The standard InChI is InChI=1S/C58H101NO8/c1-6-8-10-12-14-16-18-20-22-24-26-28-30-32-34-36-38-40-42-44-46-48-55(60)65-52-54(53-66-58(57(62)63)64-51-50-59(3,4)5)67-56(61)49-47-45-43-41-39-37-35-33-31-29-27-25-23-21-19-17-15-13-11-9-7-2/h9,11,15,17-18,20-21,23-24,26-27,29,54,58H,6-8,10,12-14,16,19,22,25,28,30-53H2,1-5H3/p+1/b11-9-,17-15-,20-18-,23-21-,26-24-,29-27-. The van der Waals surface area contributed by atoms with E-state index in [1.54, 1.807) is 0 Å². The largest absolute Gasteiger partial charge is 0.477 e. The first kappa shape index (κ1) is 63.7. The third-order valence-corrected chi connectivity index (χ3v) is 11.4. The second kappa shape index (κ2) is 49.2. The number of likely N-dealkylation sites (N-methyl/N-ethyl adjacent to an activating group) is 1. The van der Waals surface area contributed by atoms with E-state index < -0.39 is 24.3 Å². The lowest BCUT2D eigenvalue weighted by Crippen LogP contribution is -2.40. The normalized spacial score (nSPS) is 13.4. The Morgan fingerprint density at radius 3 is 1.27 bits per heavy atom. The maximum absolute atomic E-state index is 12.8. The fourth-order valence-corrected chi connectivity index (χ4v) is 7.27. The average Bonchev–Trinajstić information content (AvgIpc) is 3.29. The van der Waals surface area contributed by atoms with Crippen LogP contribution in [0, 0.1) is 0 Å². The number of ether oxygens (including phenoxy) is 4. The van der Waals surface area contributed by atoms with Crippen molar-refractivity contribution in [2.75, 3.05) is 47.5 Å². The van der Waals surface area contributed by atoms with Crippen molar-refractivity contribution in [2.45, 2.75) is 232 Å². The highest BCUT2D eigenvalue weighted by Crippen LogP contribution is 2.15. The van der Waals surface area contributed by atoms with Gasteiger partial charge < -0.3 is 28.5 Å². The number of carboxylic acids is 1. The van der Waals surface area contributed by atoms with E-state index in [9.17, 15) is 19.5 Å². The van der Waals surface area contributed by atoms with Crippen LogP contribution < -0.4 is 0 Å². The predicted octanol–water partition coefficient (Wildman–Crippen LogP) is 15.5. The zero-order valence-electron chi connectivity index (χ0n) is 43.8. The Hall–Kier alpha value is -3.27. The average molecular weight is 941 g/mol. The summed E-state index contributed by atoms with van der Waals surface area (Å²) in [4.78, 5) is 37.4. The smallest absolute Gasteiger partial charge is 0.361 e. The Bertz CT molecular complexity index is 1330. The minimum atomic E-state index is -1.52. The summed E-state index contributed by atoms with van der Waals surface area (Å²) in [6.07, 6.45) is 59.6. The molecule has 0 spiro atoms. The van der Waals surface area contributed by atoms with Gasteiger partial charge in [0.2, 0.25) is 0 Å². The molecule has 0 amide bonds. The second-order valence-electron chi connectivity index (χ2n) is 19.2. The summed E-state index contributed by atoms with van der Waals surface area (Å²) in [5.41, 5.74) is 0. The summed E-state index contributed by atoms with van der Waals surface area (Å²) in [5, 5.41) is 9.69. The molecule has 386 valence electrons. The number of unbranched alkanes of at least 4 members (excludes halogenated alkanes) is 22. The van der Waals surface area contributed by atoms with Gasteiger partial charge in [-0.25, -0.2) is 4.79 Å². The Balaban J connectivity index is 4.33. The maximum atomic E-state index is 12.8. The van der Waals surface area contributed by atoms with Crippen molar-refractivity contribution in [3.63, 3.8) is 0 Å². The van der Waals surface area contributed by atoms with Crippen molar-refractivity contribution in [3.05, 3.63) is 72.9 Å². The summed E-state index contributed by atoms with van der Waals surface area (Å²) < 4.78 is 22.8. The van der Waals surface area contributed by atoms with E-state index in [1.165, 1.54) is 109 Å². The first-order chi connectivity index (χ1) is 32.6. The van der Waals surface area contributed by atoms with Gasteiger partial charge in [0, 0.05) is 12.8 Å². The summed E-state index contributed by atoms with van der Waals surface area (Å²) >= 11 is 0. The number of hydrogen-bond donors (Lipinski definition) is 1. The van der Waals surface area contributed by atoms with Crippen LogP contribution in [0.5, 0.6) is 0 Å². The lowest BCUT2D eigenvalue weighted by molar-refractivity contribution is -0.870. The van der Waals surface area contributed by atoms with Gasteiger partial charge >= 0.3 is 17.9 Å². The maximum Gasteiger partial charge on any atom is 0.361 e. The van der Waals surface area contributed by atoms with E-state index in [0.717, 1.165) is 77.0 Å². The Kier molecular flexibility index (Phi) is 46.8. The molecule has 9 nitrogen and oxygen atoms in total. The van der Waals surface area contributed by atoms with Gasteiger partial charge in [0.05, 0.1) is 34.4 Å². The monoisotopic (exact) mass is 941 g/mol. The van der Waals surface area contributed by atoms with Crippen molar-refractivity contribution >= 4 is 17.9 Å². The van der Waals surface area contributed by atoms with E-state index in [1.807, 2.05) is 21.1 Å². The molecule has 67 heavy (non-hydrogen) atoms. The van der Waals surface area contributed by atoms with Gasteiger partial charge in [-0.3, -0.25) is 9.59 Å². The summed E-state index contributed by atoms with van der Waals surface area (Å²) in [6, 6.07) is 0. The van der Waals surface area contributed by atoms with Gasteiger partial charge in [-0.15, -0.1) is 0 Å². The molecule has 0 aliphatic rings. The molecule has 9 heteroatoms. The molecule has 0 aromatic rings. The first-order valence-corrected chi connectivity index (χ1v) is 27.1. The van der Waals surface area contributed by atoms with Crippen LogP contribution in [0.4, 0.5) is 0 Å². The summed E-state index contributed by atoms with van der Waals surface area (Å²) in [5.74, 6) is -2.02. The predicted molar refractivity (Wildman–Crippen MR) is 281 cm³/mol. The highest BCUT2D eigenvalue weighted by atomic mass is 16.7. The SMILES string of the molecule is CC/C=C\C/C=C\C/C=C\C/C=C\CCCCCCCCCCC(=O)OC(COC(=O)CCCCCCCCCCC/C=C\C/C=C\CCCCCCC)COC(OCC[N+](C)(C)C)C(=O)O. The molecule has 1 N–H and O–H groups in total. The minimum Gasteiger partial charge on any atom is -0.477 e. The topological polar surface area (TPSA) is 108 Å². The Labute approximate surface area is 411 Å². The van der Waals surface area contributed by atoms with Crippen LogP contribution in [-0.2, 0) is 33.3 Å². The van der Waals surface area contributed by atoms with Gasteiger partial charge in [-0.1, -0.05) is 196 Å². The van der Waals surface area contributed by atoms with Crippen molar-refractivity contribution in [3.8, 4) is 0 Å². The molecule has 0 aromatic carbocycles. The molecule has 0 heterocycles. The van der Waals surface area contributed by atoms with Crippen LogP contribution in [0.25, 0.3) is 0 Å². The number of nitrogens with zero attached hydrogens (tertiary/aromatic N) is 1. The van der Waals surface area contributed by atoms with Gasteiger partial charge in [0.15, 0.2) is 6.10 Å².